The minimum absolute atomic E-state index is 0.0207. The first-order valence-electron chi connectivity index (χ1n) is 9.50. The first kappa shape index (κ1) is 21.4. The molecule has 1 aliphatic rings. The summed E-state index contributed by atoms with van der Waals surface area (Å²) in [4.78, 5) is 38.7. The van der Waals surface area contributed by atoms with Crippen molar-refractivity contribution in [1.82, 2.24) is 0 Å². The highest BCUT2D eigenvalue weighted by Gasteiger charge is 2.38. The van der Waals surface area contributed by atoms with Gasteiger partial charge in [-0.15, -0.1) is 0 Å². The lowest BCUT2D eigenvalue weighted by Gasteiger charge is -2.20. The summed E-state index contributed by atoms with van der Waals surface area (Å²) >= 11 is 0. The lowest BCUT2D eigenvalue weighted by molar-refractivity contribution is -0.157. The highest BCUT2D eigenvalue weighted by Crippen LogP contribution is 2.30. The number of hydrogen-bond acceptors (Lipinski definition) is 4. The molecule has 0 spiro atoms. The number of rotatable bonds is 5. The molecule has 6 nitrogen and oxygen atoms in total. The van der Waals surface area contributed by atoms with E-state index >= 15 is 0 Å². The normalized spacial score (nSPS) is 17.0. The summed E-state index contributed by atoms with van der Waals surface area (Å²) in [5, 5.41) is 2.26. The van der Waals surface area contributed by atoms with E-state index in [1.54, 1.807) is 4.90 Å². The molecule has 2 aromatic rings. The molecule has 30 heavy (non-hydrogen) atoms. The van der Waals surface area contributed by atoms with Gasteiger partial charge in [0, 0.05) is 24.7 Å². The Morgan fingerprint density at radius 1 is 1.20 bits per heavy atom. The van der Waals surface area contributed by atoms with Crippen LogP contribution in [0.5, 0.6) is 0 Å². The van der Waals surface area contributed by atoms with Crippen LogP contribution in [0.15, 0.2) is 36.4 Å². The van der Waals surface area contributed by atoms with Crippen molar-refractivity contribution in [1.29, 1.82) is 0 Å². The second-order valence-electron chi connectivity index (χ2n) is 7.32. The van der Waals surface area contributed by atoms with Gasteiger partial charge in [0.2, 0.25) is 5.91 Å². The highest BCUT2D eigenvalue weighted by molar-refractivity contribution is 6.01. The molecule has 0 saturated carbocycles. The summed E-state index contributed by atoms with van der Waals surface area (Å²) in [6.07, 6.45) is -1.24. The predicted octanol–water partition coefficient (Wildman–Crippen LogP) is 3.50. The van der Waals surface area contributed by atoms with Crippen LogP contribution in [0.2, 0.25) is 0 Å². The molecule has 1 saturated heterocycles. The molecule has 1 heterocycles. The van der Waals surface area contributed by atoms with Gasteiger partial charge in [-0.2, -0.15) is 0 Å². The summed E-state index contributed by atoms with van der Waals surface area (Å²) in [6.45, 7) is 5.34. The van der Waals surface area contributed by atoms with Gasteiger partial charge in [0.15, 0.2) is 6.10 Å². The van der Waals surface area contributed by atoms with Crippen LogP contribution < -0.4 is 10.2 Å². The highest BCUT2D eigenvalue weighted by atomic mass is 19.1. The van der Waals surface area contributed by atoms with Gasteiger partial charge >= 0.3 is 5.97 Å². The maximum atomic E-state index is 13.7. The first-order valence-corrected chi connectivity index (χ1v) is 9.50. The third-order valence-corrected chi connectivity index (χ3v) is 5.18. The molecule has 0 aromatic heterocycles. The van der Waals surface area contributed by atoms with Crippen molar-refractivity contribution in [2.45, 2.75) is 33.3 Å². The molecule has 1 N–H and O–H groups in total. The average Bonchev–Trinajstić information content (AvgIpc) is 3.07. The zero-order valence-electron chi connectivity index (χ0n) is 16.9. The van der Waals surface area contributed by atoms with Crippen LogP contribution in [0, 0.1) is 31.4 Å². The van der Waals surface area contributed by atoms with Crippen LogP contribution in [0.4, 0.5) is 20.2 Å². The van der Waals surface area contributed by atoms with E-state index in [0.717, 1.165) is 28.9 Å². The van der Waals surface area contributed by atoms with Gasteiger partial charge in [0.25, 0.3) is 5.91 Å². The molecule has 0 bridgehead atoms. The van der Waals surface area contributed by atoms with E-state index in [4.69, 9.17) is 4.74 Å². The fourth-order valence-corrected chi connectivity index (χ4v) is 3.28. The van der Waals surface area contributed by atoms with Crippen molar-refractivity contribution in [3.05, 3.63) is 59.2 Å². The first-order chi connectivity index (χ1) is 14.2. The van der Waals surface area contributed by atoms with Gasteiger partial charge < -0.3 is 15.0 Å². The van der Waals surface area contributed by atoms with Crippen LogP contribution in [0.3, 0.4) is 0 Å². The fraction of sp³-hybridized carbons (Fsp3) is 0.318. The van der Waals surface area contributed by atoms with Gasteiger partial charge in [-0.3, -0.25) is 14.4 Å². The molecule has 2 amide bonds. The Bertz CT molecular complexity index is 1010. The Labute approximate surface area is 172 Å². The maximum absolute atomic E-state index is 13.7. The van der Waals surface area contributed by atoms with E-state index in [-0.39, 0.29) is 24.6 Å². The molecule has 2 atom stereocenters. The van der Waals surface area contributed by atoms with Crippen molar-refractivity contribution >= 4 is 29.2 Å². The number of nitrogens with one attached hydrogen (secondary N) is 1. The molecule has 2 aromatic carbocycles. The van der Waals surface area contributed by atoms with Crippen molar-refractivity contribution in [3.63, 3.8) is 0 Å². The lowest BCUT2D eigenvalue weighted by atomic mass is 10.1. The third-order valence-electron chi connectivity index (χ3n) is 5.18. The molecular formula is C22H22F2N2O4. The Morgan fingerprint density at radius 3 is 2.63 bits per heavy atom. The summed E-state index contributed by atoms with van der Waals surface area (Å²) in [6, 6.07) is 8.32. The number of anilines is 2. The van der Waals surface area contributed by atoms with Gasteiger partial charge in [-0.05, 0) is 50.1 Å². The van der Waals surface area contributed by atoms with Crippen molar-refractivity contribution in [2.75, 3.05) is 16.8 Å². The van der Waals surface area contributed by atoms with Crippen molar-refractivity contribution in [3.8, 4) is 0 Å². The van der Waals surface area contributed by atoms with Crippen LogP contribution in [0.25, 0.3) is 0 Å². The van der Waals surface area contributed by atoms with Crippen LogP contribution in [-0.2, 0) is 19.1 Å². The molecule has 158 valence electrons. The summed E-state index contributed by atoms with van der Waals surface area (Å²) in [5.41, 5.74) is 2.51. The van der Waals surface area contributed by atoms with Crippen molar-refractivity contribution in [2.24, 2.45) is 5.92 Å². The number of esters is 1. The summed E-state index contributed by atoms with van der Waals surface area (Å²) < 4.78 is 31.8. The molecule has 1 aliphatic heterocycles. The minimum atomic E-state index is -1.22. The van der Waals surface area contributed by atoms with Crippen LogP contribution in [-0.4, -0.2) is 30.4 Å². The smallest absolute Gasteiger partial charge is 0.312 e. The number of benzene rings is 2. The second kappa shape index (κ2) is 8.61. The number of aryl methyl sites for hydroxylation is 1. The molecule has 0 radical (unpaired) electrons. The zero-order chi connectivity index (χ0) is 22.0. The molecule has 0 aliphatic carbocycles. The number of nitrogens with zero attached hydrogens (tertiary/aromatic N) is 1. The quantitative estimate of drug-likeness (QED) is 0.757. The van der Waals surface area contributed by atoms with Gasteiger partial charge in [0.05, 0.1) is 11.6 Å². The molecular weight excluding hydrogens is 394 g/mol. The summed E-state index contributed by atoms with van der Waals surface area (Å²) in [5.74, 6) is -4.06. The Balaban J connectivity index is 1.62. The number of halogens is 2. The Morgan fingerprint density at radius 2 is 1.93 bits per heavy atom. The molecule has 0 unspecified atom stereocenters. The topological polar surface area (TPSA) is 75.7 Å². The van der Waals surface area contributed by atoms with Gasteiger partial charge in [-0.25, -0.2) is 8.78 Å². The Hall–Kier alpha value is -3.29. The maximum Gasteiger partial charge on any atom is 0.312 e. The number of hydrogen-bond donors (Lipinski definition) is 1. The van der Waals surface area contributed by atoms with E-state index in [1.807, 2.05) is 32.0 Å². The van der Waals surface area contributed by atoms with Gasteiger partial charge in [-0.1, -0.05) is 12.1 Å². The minimum Gasteiger partial charge on any atom is -0.452 e. The third kappa shape index (κ3) is 4.48. The number of ether oxygens (including phenoxy) is 1. The van der Waals surface area contributed by atoms with E-state index in [1.165, 1.54) is 6.92 Å². The number of carbonyl (C=O) groups is 3. The van der Waals surface area contributed by atoms with Crippen molar-refractivity contribution < 1.29 is 27.9 Å². The predicted molar refractivity (Wildman–Crippen MR) is 107 cm³/mol. The van der Waals surface area contributed by atoms with Gasteiger partial charge in [0.1, 0.15) is 11.6 Å². The number of carbonyl (C=O) groups excluding carboxylic acids is 3. The largest absolute Gasteiger partial charge is 0.452 e. The van der Waals surface area contributed by atoms with Crippen LogP contribution in [0.1, 0.15) is 24.5 Å². The SMILES string of the molecule is Cc1cccc(N2C[C@H](C(=O)O[C@H](C)C(=O)Nc3ccc(F)cc3F)CC2=O)c1C. The van der Waals surface area contributed by atoms with E-state index in [0.29, 0.717) is 6.07 Å². The summed E-state index contributed by atoms with van der Waals surface area (Å²) in [7, 11) is 0. The van der Waals surface area contributed by atoms with E-state index in [2.05, 4.69) is 5.32 Å². The fourth-order valence-electron chi connectivity index (χ4n) is 3.28. The average molecular weight is 416 g/mol. The number of amides is 2. The Kier molecular flexibility index (Phi) is 6.14. The van der Waals surface area contributed by atoms with Crippen LogP contribution >= 0.6 is 0 Å². The van der Waals surface area contributed by atoms with E-state index < -0.39 is 35.5 Å². The second-order valence-corrected chi connectivity index (χ2v) is 7.32. The van der Waals surface area contributed by atoms with E-state index in [9.17, 15) is 23.2 Å². The molecule has 3 rings (SSSR count). The molecule has 8 heteroatoms. The zero-order valence-corrected chi connectivity index (χ0v) is 16.9. The lowest BCUT2D eigenvalue weighted by Crippen LogP contribution is -2.33. The molecule has 1 fully saturated rings. The standard InChI is InChI=1S/C22H22F2N2O4/c1-12-5-4-6-19(13(12)2)26-11-15(9-20(26)27)22(29)30-14(3)21(28)25-18-8-7-16(23)10-17(18)24/h4-8,10,14-15H,9,11H2,1-3H3,(H,25,28)/t14-,15-/m1/s1. The monoisotopic (exact) mass is 416 g/mol.